The van der Waals surface area contributed by atoms with E-state index in [9.17, 15) is 18.0 Å². The van der Waals surface area contributed by atoms with E-state index < -0.39 is 17.6 Å². The number of anilines is 1. The SMILES string of the molecule is O=C(NNc1ncc(C(F)(F)F)cc1Cl)c1cccn1-c1ccc(Oc2cccnc2)cc1. The van der Waals surface area contributed by atoms with E-state index in [2.05, 4.69) is 20.8 Å². The monoisotopic (exact) mass is 473 g/mol. The summed E-state index contributed by atoms with van der Waals surface area (Å²) in [5, 5.41) is -0.287. The second kappa shape index (κ2) is 9.21. The molecular formula is C22H15ClF3N5O2. The Morgan fingerprint density at radius 3 is 2.48 bits per heavy atom. The normalized spacial score (nSPS) is 11.2. The van der Waals surface area contributed by atoms with Crippen LogP contribution in [0.2, 0.25) is 5.02 Å². The van der Waals surface area contributed by atoms with Gasteiger partial charge in [-0.1, -0.05) is 11.6 Å². The molecule has 0 saturated carbocycles. The number of nitrogens with one attached hydrogen (secondary N) is 2. The molecule has 0 bridgehead atoms. The van der Waals surface area contributed by atoms with Crippen LogP contribution in [0.1, 0.15) is 16.1 Å². The van der Waals surface area contributed by atoms with E-state index in [0.29, 0.717) is 23.4 Å². The number of hydrogen-bond donors (Lipinski definition) is 2. The number of pyridine rings is 2. The Bertz CT molecular complexity index is 1260. The molecule has 0 radical (unpaired) electrons. The number of carbonyl (C=O) groups is 1. The standard InChI is InChI=1S/C22H15ClF3N5O2/c23-18-11-14(22(24,25)26)12-28-20(18)29-30-21(32)19-4-2-10-31(19)15-5-7-16(8-6-15)33-17-3-1-9-27-13-17/h1-13H,(H,28,29)(H,30,32). The second-order valence-corrected chi connectivity index (χ2v) is 7.09. The highest BCUT2D eigenvalue weighted by atomic mass is 35.5. The number of benzene rings is 1. The quantitative estimate of drug-likeness (QED) is 0.362. The van der Waals surface area contributed by atoms with Crippen molar-refractivity contribution in [2.45, 2.75) is 6.18 Å². The van der Waals surface area contributed by atoms with Crippen LogP contribution in [-0.2, 0) is 6.18 Å². The summed E-state index contributed by atoms with van der Waals surface area (Å²) < 4.78 is 45.5. The zero-order chi connectivity index (χ0) is 23.4. The number of amides is 1. The number of ether oxygens (including phenoxy) is 1. The summed E-state index contributed by atoms with van der Waals surface area (Å²) >= 11 is 5.85. The summed E-state index contributed by atoms with van der Waals surface area (Å²) in [5.74, 6) is 0.518. The summed E-state index contributed by atoms with van der Waals surface area (Å²) in [6.07, 6.45) is 0.976. The molecule has 0 saturated heterocycles. The van der Waals surface area contributed by atoms with Crippen LogP contribution in [0.5, 0.6) is 11.5 Å². The van der Waals surface area contributed by atoms with Crippen molar-refractivity contribution >= 4 is 23.3 Å². The first kappa shape index (κ1) is 22.2. The van der Waals surface area contributed by atoms with Gasteiger partial charge < -0.3 is 9.30 Å². The van der Waals surface area contributed by atoms with Gasteiger partial charge in [0.25, 0.3) is 5.91 Å². The molecule has 0 aliphatic carbocycles. The highest BCUT2D eigenvalue weighted by Gasteiger charge is 2.31. The van der Waals surface area contributed by atoms with Gasteiger partial charge in [0.15, 0.2) is 5.82 Å². The molecule has 0 aliphatic rings. The van der Waals surface area contributed by atoms with Gasteiger partial charge in [-0.15, -0.1) is 0 Å². The fourth-order valence-electron chi connectivity index (χ4n) is 2.87. The predicted octanol–water partition coefficient (Wildman–Crippen LogP) is 5.49. The maximum Gasteiger partial charge on any atom is 0.417 e. The first-order valence-electron chi connectivity index (χ1n) is 9.46. The van der Waals surface area contributed by atoms with Gasteiger partial charge in [0.05, 0.1) is 16.8 Å². The van der Waals surface area contributed by atoms with Crippen molar-refractivity contribution in [2.75, 3.05) is 5.43 Å². The van der Waals surface area contributed by atoms with Crippen molar-refractivity contribution in [1.82, 2.24) is 20.0 Å². The van der Waals surface area contributed by atoms with Gasteiger partial charge in [-0.2, -0.15) is 13.2 Å². The Morgan fingerprint density at radius 2 is 1.82 bits per heavy atom. The fourth-order valence-corrected chi connectivity index (χ4v) is 3.09. The molecule has 0 spiro atoms. The number of hydrazine groups is 1. The first-order chi connectivity index (χ1) is 15.8. The second-order valence-electron chi connectivity index (χ2n) is 6.68. The van der Waals surface area contributed by atoms with Crippen molar-refractivity contribution in [3.63, 3.8) is 0 Å². The molecule has 7 nitrogen and oxygen atoms in total. The van der Waals surface area contributed by atoms with Crippen LogP contribution in [0.3, 0.4) is 0 Å². The minimum atomic E-state index is -4.57. The van der Waals surface area contributed by atoms with Crippen LogP contribution < -0.4 is 15.6 Å². The molecule has 3 heterocycles. The number of alkyl halides is 3. The zero-order valence-corrected chi connectivity index (χ0v) is 17.4. The average molecular weight is 474 g/mol. The fraction of sp³-hybridized carbons (Fsp3) is 0.0455. The van der Waals surface area contributed by atoms with Crippen LogP contribution >= 0.6 is 11.6 Å². The summed E-state index contributed by atoms with van der Waals surface area (Å²) in [4.78, 5) is 20.2. The molecule has 0 fully saturated rings. The topological polar surface area (TPSA) is 81.1 Å². The van der Waals surface area contributed by atoms with E-state index in [0.717, 1.165) is 6.07 Å². The van der Waals surface area contributed by atoms with Crippen LogP contribution in [0.4, 0.5) is 19.0 Å². The Labute approximate surface area is 190 Å². The lowest BCUT2D eigenvalue weighted by Crippen LogP contribution is -2.31. The predicted molar refractivity (Wildman–Crippen MR) is 115 cm³/mol. The molecule has 168 valence electrons. The lowest BCUT2D eigenvalue weighted by Gasteiger charge is -2.13. The molecule has 11 heteroatoms. The van der Waals surface area contributed by atoms with Gasteiger partial charge in [-0.3, -0.25) is 20.6 Å². The third-order valence-corrected chi connectivity index (χ3v) is 4.72. The molecule has 0 aliphatic heterocycles. The molecule has 1 amide bonds. The average Bonchev–Trinajstić information content (AvgIpc) is 3.29. The maximum absolute atomic E-state index is 12.7. The van der Waals surface area contributed by atoms with Crippen LogP contribution in [0.25, 0.3) is 5.69 Å². The lowest BCUT2D eigenvalue weighted by atomic mass is 10.3. The third kappa shape index (κ3) is 5.24. The van der Waals surface area contributed by atoms with Crippen LogP contribution in [0, 0.1) is 0 Å². The third-order valence-electron chi connectivity index (χ3n) is 4.43. The van der Waals surface area contributed by atoms with Gasteiger partial charge >= 0.3 is 6.18 Å². The molecule has 0 atom stereocenters. The number of halogens is 4. The largest absolute Gasteiger partial charge is 0.456 e. The van der Waals surface area contributed by atoms with E-state index in [-0.39, 0.29) is 16.5 Å². The summed E-state index contributed by atoms with van der Waals surface area (Å²) in [6, 6.07) is 14.5. The Hall–Kier alpha value is -4.05. The van der Waals surface area contributed by atoms with Crippen LogP contribution in [-0.4, -0.2) is 20.4 Å². The van der Waals surface area contributed by atoms with Crippen molar-refractivity contribution < 1.29 is 22.7 Å². The molecule has 2 N–H and O–H groups in total. The number of carbonyl (C=O) groups excluding carboxylic acids is 1. The minimum absolute atomic E-state index is 0.118. The number of nitrogens with zero attached hydrogens (tertiary/aromatic N) is 3. The minimum Gasteiger partial charge on any atom is -0.456 e. The first-order valence-corrected chi connectivity index (χ1v) is 9.84. The van der Waals surface area contributed by atoms with Crippen molar-refractivity contribution in [2.24, 2.45) is 0 Å². The molecule has 4 rings (SSSR count). The van der Waals surface area contributed by atoms with Gasteiger partial charge in [0.2, 0.25) is 0 Å². The summed E-state index contributed by atoms with van der Waals surface area (Å²) in [6.45, 7) is 0. The summed E-state index contributed by atoms with van der Waals surface area (Å²) in [7, 11) is 0. The van der Waals surface area contributed by atoms with E-state index in [1.165, 1.54) is 0 Å². The molecule has 4 aromatic rings. The van der Waals surface area contributed by atoms with E-state index >= 15 is 0 Å². The number of hydrogen-bond acceptors (Lipinski definition) is 5. The van der Waals surface area contributed by atoms with Gasteiger partial charge in [0, 0.05) is 24.3 Å². The molecule has 1 aromatic carbocycles. The Morgan fingerprint density at radius 1 is 1.03 bits per heavy atom. The van der Waals surface area contributed by atoms with E-state index in [1.807, 2.05) is 0 Å². The van der Waals surface area contributed by atoms with Gasteiger partial charge in [-0.25, -0.2) is 4.98 Å². The van der Waals surface area contributed by atoms with Crippen molar-refractivity contribution in [3.05, 3.63) is 95.7 Å². The van der Waals surface area contributed by atoms with Gasteiger partial charge in [0.1, 0.15) is 17.2 Å². The highest BCUT2D eigenvalue weighted by Crippen LogP contribution is 2.32. The van der Waals surface area contributed by atoms with Crippen LogP contribution in [0.15, 0.2) is 79.4 Å². The van der Waals surface area contributed by atoms with Crippen molar-refractivity contribution in [1.29, 1.82) is 0 Å². The molecule has 0 unspecified atom stereocenters. The van der Waals surface area contributed by atoms with E-state index in [4.69, 9.17) is 16.3 Å². The number of aromatic nitrogens is 3. The smallest absolute Gasteiger partial charge is 0.417 e. The Kier molecular flexibility index (Phi) is 6.18. The molecular weight excluding hydrogens is 459 g/mol. The number of rotatable bonds is 6. The van der Waals surface area contributed by atoms with Gasteiger partial charge in [-0.05, 0) is 54.6 Å². The molecule has 33 heavy (non-hydrogen) atoms. The van der Waals surface area contributed by atoms with E-state index in [1.54, 1.807) is 71.7 Å². The lowest BCUT2D eigenvalue weighted by molar-refractivity contribution is -0.137. The highest BCUT2D eigenvalue weighted by molar-refractivity contribution is 6.33. The zero-order valence-electron chi connectivity index (χ0n) is 16.7. The Balaban J connectivity index is 1.44. The summed E-state index contributed by atoms with van der Waals surface area (Å²) in [5.41, 5.74) is 4.80. The van der Waals surface area contributed by atoms with Crippen molar-refractivity contribution in [3.8, 4) is 17.2 Å². The maximum atomic E-state index is 12.7. The molecule has 3 aromatic heterocycles.